The molecule has 1 fully saturated rings. The topological polar surface area (TPSA) is 89.3 Å². The molecule has 1 aliphatic heterocycles. The number of hydrogen-bond donors (Lipinski definition) is 0. The summed E-state index contributed by atoms with van der Waals surface area (Å²) in [4.78, 5) is 24.4. The highest BCUT2D eigenvalue weighted by Gasteiger charge is 2.25. The smallest absolute Gasteiger partial charge is 0.409 e. The lowest BCUT2D eigenvalue weighted by Gasteiger charge is -2.34. The third-order valence-corrected chi connectivity index (χ3v) is 4.65. The van der Waals surface area contributed by atoms with Gasteiger partial charge in [0, 0.05) is 31.2 Å². The molecule has 27 heavy (non-hydrogen) atoms. The molecule has 0 saturated carbocycles. The minimum absolute atomic E-state index is 0.279. The third kappa shape index (κ3) is 3.37. The summed E-state index contributed by atoms with van der Waals surface area (Å²) >= 11 is 5.96. The van der Waals surface area contributed by atoms with Gasteiger partial charge in [-0.1, -0.05) is 16.8 Å². The summed E-state index contributed by atoms with van der Waals surface area (Å²) in [6.45, 7) is 4.58. The van der Waals surface area contributed by atoms with E-state index in [4.69, 9.17) is 16.3 Å². The van der Waals surface area contributed by atoms with E-state index >= 15 is 0 Å². The molecule has 3 aromatic rings. The Morgan fingerprint density at radius 3 is 2.59 bits per heavy atom. The maximum Gasteiger partial charge on any atom is 0.409 e. The number of carbonyl (C=O) groups excluding carboxylic acids is 1. The Morgan fingerprint density at radius 2 is 1.89 bits per heavy atom. The molecule has 1 saturated heterocycles. The zero-order chi connectivity index (χ0) is 18.8. The van der Waals surface area contributed by atoms with Crippen molar-refractivity contribution < 1.29 is 9.53 Å². The van der Waals surface area contributed by atoms with Crippen molar-refractivity contribution >= 4 is 34.7 Å². The third-order valence-electron chi connectivity index (χ3n) is 4.39. The average Bonchev–Trinajstić information content (AvgIpc) is 3.13. The quantitative estimate of drug-likeness (QED) is 0.680. The number of nitrogens with zero attached hydrogens (tertiary/aromatic N) is 7. The van der Waals surface area contributed by atoms with Gasteiger partial charge < -0.3 is 14.5 Å². The van der Waals surface area contributed by atoms with Crippen molar-refractivity contribution in [1.29, 1.82) is 0 Å². The Bertz CT molecular complexity index is 952. The van der Waals surface area contributed by atoms with Crippen molar-refractivity contribution in [2.45, 2.75) is 6.92 Å². The van der Waals surface area contributed by atoms with Gasteiger partial charge in [0.15, 0.2) is 17.0 Å². The van der Waals surface area contributed by atoms with Crippen LogP contribution in [-0.2, 0) is 4.74 Å². The molecule has 3 heterocycles. The van der Waals surface area contributed by atoms with E-state index in [0.29, 0.717) is 54.8 Å². The Morgan fingerprint density at radius 1 is 1.15 bits per heavy atom. The summed E-state index contributed by atoms with van der Waals surface area (Å²) in [7, 11) is 0. The summed E-state index contributed by atoms with van der Waals surface area (Å²) in [5.74, 6) is 0.712. The van der Waals surface area contributed by atoms with Crippen LogP contribution in [0.1, 0.15) is 6.92 Å². The van der Waals surface area contributed by atoms with Gasteiger partial charge in [0.2, 0.25) is 0 Å². The zero-order valence-corrected chi connectivity index (χ0v) is 15.5. The van der Waals surface area contributed by atoms with Crippen LogP contribution in [0.2, 0.25) is 5.02 Å². The fourth-order valence-electron chi connectivity index (χ4n) is 3.04. The Labute approximate surface area is 160 Å². The van der Waals surface area contributed by atoms with Crippen LogP contribution in [0.25, 0.3) is 16.9 Å². The number of benzene rings is 1. The Balaban J connectivity index is 1.59. The fraction of sp³-hybridized carbons (Fsp3) is 0.353. The molecule has 1 amide bonds. The fourth-order valence-corrected chi connectivity index (χ4v) is 3.17. The molecule has 0 unspecified atom stereocenters. The standard InChI is InChI=1S/C17H18ClN7O2/c1-2-27-17(26)24-9-7-23(8-10-24)15-14-16(20-11-19-15)25(22-21-14)13-5-3-12(18)4-6-13/h3-6,11H,2,7-10H2,1H3. The molecule has 140 valence electrons. The lowest BCUT2D eigenvalue weighted by Crippen LogP contribution is -2.49. The van der Waals surface area contributed by atoms with Gasteiger partial charge in [-0.05, 0) is 31.2 Å². The minimum Gasteiger partial charge on any atom is -0.450 e. The maximum absolute atomic E-state index is 11.9. The SMILES string of the molecule is CCOC(=O)N1CCN(c2ncnc3c2nnn3-c2ccc(Cl)cc2)CC1. The Hall–Kier alpha value is -2.94. The number of piperazine rings is 1. The van der Waals surface area contributed by atoms with Crippen LogP contribution in [0.5, 0.6) is 0 Å². The summed E-state index contributed by atoms with van der Waals surface area (Å²) in [5, 5.41) is 9.16. The first-order valence-electron chi connectivity index (χ1n) is 8.66. The normalized spacial score (nSPS) is 14.6. The molecular formula is C17H18ClN7O2. The van der Waals surface area contributed by atoms with Crippen molar-refractivity contribution in [1.82, 2.24) is 29.9 Å². The number of amides is 1. The lowest BCUT2D eigenvalue weighted by atomic mass is 10.3. The van der Waals surface area contributed by atoms with Crippen molar-refractivity contribution in [2.75, 3.05) is 37.7 Å². The first-order chi connectivity index (χ1) is 13.2. The van der Waals surface area contributed by atoms with Crippen LogP contribution in [-0.4, -0.2) is 68.7 Å². The largest absolute Gasteiger partial charge is 0.450 e. The number of ether oxygens (including phenoxy) is 1. The molecule has 2 aromatic heterocycles. The van der Waals surface area contributed by atoms with Gasteiger partial charge in [0.25, 0.3) is 0 Å². The van der Waals surface area contributed by atoms with E-state index in [9.17, 15) is 4.79 Å². The Kier molecular flexibility index (Phi) is 4.76. The van der Waals surface area contributed by atoms with Crippen molar-refractivity contribution in [3.8, 4) is 5.69 Å². The van der Waals surface area contributed by atoms with E-state index in [1.165, 1.54) is 6.33 Å². The number of anilines is 1. The van der Waals surface area contributed by atoms with Crippen molar-refractivity contribution in [2.24, 2.45) is 0 Å². The molecule has 0 N–H and O–H groups in total. The van der Waals surface area contributed by atoms with E-state index < -0.39 is 0 Å². The van der Waals surface area contributed by atoms with Crippen LogP contribution in [0.3, 0.4) is 0 Å². The molecule has 0 radical (unpaired) electrons. The second-order valence-corrected chi connectivity index (χ2v) is 6.46. The van der Waals surface area contributed by atoms with Crippen molar-refractivity contribution in [3.05, 3.63) is 35.6 Å². The average molecular weight is 388 g/mol. The molecule has 0 atom stereocenters. The van der Waals surface area contributed by atoms with Crippen LogP contribution >= 0.6 is 11.6 Å². The molecule has 0 aliphatic carbocycles. The van der Waals surface area contributed by atoms with E-state index in [2.05, 4.69) is 25.2 Å². The molecule has 10 heteroatoms. The van der Waals surface area contributed by atoms with Crippen LogP contribution in [0.15, 0.2) is 30.6 Å². The lowest BCUT2D eigenvalue weighted by molar-refractivity contribution is 0.105. The predicted octanol–water partition coefficient (Wildman–Crippen LogP) is 2.14. The molecule has 1 aliphatic rings. The van der Waals surface area contributed by atoms with Gasteiger partial charge in [-0.25, -0.2) is 14.8 Å². The van der Waals surface area contributed by atoms with Gasteiger partial charge in [-0.3, -0.25) is 0 Å². The van der Waals surface area contributed by atoms with Gasteiger partial charge in [0.1, 0.15) is 6.33 Å². The number of aromatic nitrogens is 5. The molecule has 4 rings (SSSR count). The number of rotatable bonds is 3. The maximum atomic E-state index is 11.9. The number of halogens is 1. The van der Waals surface area contributed by atoms with Gasteiger partial charge >= 0.3 is 6.09 Å². The minimum atomic E-state index is -0.279. The highest BCUT2D eigenvalue weighted by Crippen LogP contribution is 2.24. The van der Waals surface area contributed by atoms with Crippen molar-refractivity contribution in [3.63, 3.8) is 0 Å². The first kappa shape index (κ1) is 17.5. The van der Waals surface area contributed by atoms with E-state index in [1.54, 1.807) is 28.6 Å². The van der Waals surface area contributed by atoms with Gasteiger partial charge in [-0.15, -0.1) is 5.10 Å². The van der Waals surface area contributed by atoms with Gasteiger partial charge in [0.05, 0.1) is 12.3 Å². The molecule has 0 bridgehead atoms. The number of carbonyl (C=O) groups is 1. The van der Waals surface area contributed by atoms with E-state index in [0.717, 1.165) is 5.69 Å². The predicted molar refractivity (Wildman–Crippen MR) is 100 cm³/mol. The highest BCUT2D eigenvalue weighted by molar-refractivity contribution is 6.30. The second kappa shape index (κ2) is 7.36. The summed E-state index contributed by atoms with van der Waals surface area (Å²) < 4.78 is 6.72. The monoisotopic (exact) mass is 387 g/mol. The van der Waals surface area contributed by atoms with Crippen LogP contribution < -0.4 is 4.90 Å². The first-order valence-corrected chi connectivity index (χ1v) is 9.04. The highest BCUT2D eigenvalue weighted by atomic mass is 35.5. The molecule has 0 spiro atoms. The van der Waals surface area contributed by atoms with Crippen LogP contribution in [0.4, 0.5) is 10.6 Å². The van der Waals surface area contributed by atoms with E-state index in [-0.39, 0.29) is 6.09 Å². The summed E-state index contributed by atoms with van der Waals surface area (Å²) in [6.07, 6.45) is 1.23. The second-order valence-electron chi connectivity index (χ2n) is 6.02. The van der Waals surface area contributed by atoms with Gasteiger partial charge in [-0.2, -0.15) is 4.68 Å². The summed E-state index contributed by atoms with van der Waals surface area (Å²) in [5.41, 5.74) is 2.06. The zero-order valence-electron chi connectivity index (χ0n) is 14.7. The molecular weight excluding hydrogens is 370 g/mol. The molecule has 9 nitrogen and oxygen atoms in total. The number of hydrogen-bond acceptors (Lipinski definition) is 7. The van der Waals surface area contributed by atoms with Crippen LogP contribution in [0, 0.1) is 0 Å². The van der Waals surface area contributed by atoms with E-state index in [1.807, 2.05) is 12.1 Å². The summed E-state index contributed by atoms with van der Waals surface area (Å²) in [6, 6.07) is 7.30. The number of fused-ring (bicyclic) bond motifs is 1. The molecule has 1 aromatic carbocycles.